The molecule has 0 fully saturated rings. The third-order valence-electron chi connectivity index (χ3n) is 3.21. The monoisotopic (exact) mass is 269 g/mol. The molecule has 2 heteroatoms. The maximum Gasteiger partial charge on any atom is 0.0406 e. The van der Waals surface area contributed by atoms with Crippen molar-refractivity contribution in [2.45, 2.75) is 39.2 Å². The molecular formula is C13H20BrN. The summed E-state index contributed by atoms with van der Waals surface area (Å²) < 4.78 is 1.10. The van der Waals surface area contributed by atoms with E-state index in [4.69, 9.17) is 5.73 Å². The number of halogens is 1. The second-order valence-electron chi connectivity index (χ2n) is 4.48. The molecule has 2 atom stereocenters. The van der Waals surface area contributed by atoms with Crippen LogP contribution < -0.4 is 5.73 Å². The maximum atomic E-state index is 6.40. The lowest BCUT2D eigenvalue weighted by Crippen LogP contribution is -2.39. The van der Waals surface area contributed by atoms with Gasteiger partial charge in [0.2, 0.25) is 0 Å². The van der Waals surface area contributed by atoms with E-state index in [0.717, 1.165) is 4.47 Å². The number of benzene rings is 1. The smallest absolute Gasteiger partial charge is 0.0406 e. The van der Waals surface area contributed by atoms with Crippen LogP contribution in [0.3, 0.4) is 0 Å². The van der Waals surface area contributed by atoms with Crippen molar-refractivity contribution < 1.29 is 0 Å². The molecule has 84 valence electrons. The molecule has 0 spiro atoms. The summed E-state index contributed by atoms with van der Waals surface area (Å²) in [6.45, 7) is 6.55. The van der Waals surface area contributed by atoms with Crippen LogP contribution in [-0.2, 0) is 5.54 Å². The van der Waals surface area contributed by atoms with E-state index in [1.165, 1.54) is 18.4 Å². The molecule has 1 nitrogen and oxygen atoms in total. The zero-order valence-electron chi connectivity index (χ0n) is 9.76. The highest BCUT2D eigenvalue weighted by molar-refractivity contribution is 9.10. The highest BCUT2D eigenvalue weighted by Gasteiger charge is 2.27. The van der Waals surface area contributed by atoms with Crippen LogP contribution in [0.2, 0.25) is 0 Å². The van der Waals surface area contributed by atoms with Gasteiger partial charge in [0.05, 0.1) is 0 Å². The van der Waals surface area contributed by atoms with E-state index < -0.39 is 0 Å². The van der Waals surface area contributed by atoms with Crippen molar-refractivity contribution in [3.8, 4) is 0 Å². The van der Waals surface area contributed by atoms with Crippen molar-refractivity contribution in [2.24, 2.45) is 11.7 Å². The Labute approximate surface area is 101 Å². The normalized spacial score (nSPS) is 17.1. The largest absolute Gasteiger partial charge is 0.321 e. The van der Waals surface area contributed by atoms with Crippen LogP contribution >= 0.6 is 15.9 Å². The van der Waals surface area contributed by atoms with Crippen molar-refractivity contribution in [2.75, 3.05) is 0 Å². The zero-order chi connectivity index (χ0) is 11.5. The average Bonchev–Trinajstić information content (AvgIpc) is 2.18. The lowest BCUT2D eigenvalue weighted by atomic mass is 9.79. The molecule has 1 aromatic rings. The molecule has 0 aliphatic heterocycles. The lowest BCUT2D eigenvalue weighted by Gasteiger charge is -2.32. The molecule has 1 aromatic carbocycles. The summed E-state index contributed by atoms with van der Waals surface area (Å²) >= 11 is 3.44. The molecule has 1 rings (SSSR count). The first-order valence-corrected chi connectivity index (χ1v) is 6.32. The van der Waals surface area contributed by atoms with Crippen molar-refractivity contribution in [3.05, 3.63) is 34.3 Å². The quantitative estimate of drug-likeness (QED) is 0.877. The van der Waals surface area contributed by atoms with Gasteiger partial charge in [0.15, 0.2) is 0 Å². The van der Waals surface area contributed by atoms with Crippen LogP contribution in [0.1, 0.15) is 39.2 Å². The van der Waals surface area contributed by atoms with E-state index >= 15 is 0 Å². The molecule has 0 aliphatic rings. The fraction of sp³-hybridized carbons (Fsp3) is 0.538. The van der Waals surface area contributed by atoms with Crippen molar-refractivity contribution in [3.63, 3.8) is 0 Å². The Bertz CT molecular complexity index is 303. The standard InChI is InChI=1S/C13H20BrN/c1-4-5-10(2)13(3,15)11-6-8-12(14)9-7-11/h6-10H,4-5,15H2,1-3H3. The Morgan fingerprint density at radius 3 is 2.33 bits per heavy atom. The van der Waals surface area contributed by atoms with E-state index in [9.17, 15) is 0 Å². The van der Waals surface area contributed by atoms with E-state index in [1.807, 2.05) is 0 Å². The van der Waals surface area contributed by atoms with Crippen LogP contribution in [0, 0.1) is 5.92 Å². The molecule has 0 aromatic heterocycles. The van der Waals surface area contributed by atoms with Gasteiger partial charge in [-0.1, -0.05) is 48.3 Å². The van der Waals surface area contributed by atoms with Gasteiger partial charge in [-0.3, -0.25) is 0 Å². The van der Waals surface area contributed by atoms with Gasteiger partial charge in [0, 0.05) is 10.0 Å². The Kier molecular flexibility index (Phi) is 4.35. The number of hydrogen-bond donors (Lipinski definition) is 1. The number of rotatable bonds is 4. The predicted octanol–water partition coefficient (Wildman–Crippen LogP) is 4.06. The second-order valence-corrected chi connectivity index (χ2v) is 5.39. The summed E-state index contributed by atoms with van der Waals surface area (Å²) in [7, 11) is 0. The molecule has 0 heterocycles. The van der Waals surface area contributed by atoms with E-state index in [0.29, 0.717) is 5.92 Å². The summed E-state index contributed by atoms with van der Waals surface area (Å²) in [6.07, 6.45) is 2.35. The van der Waals surface area contributed by atoms with E-state index in [2.05, 4.69) is 61.0 Å². The SMILES string of the molecule is CCCC(C)C(C)(N)c1ccc(Br)cc1. The second kappa shape index (κ2) is 5.13. The van der Waals surface area contributed by atoms with E-state index in [1.54, 1.807) is 0 Å². The van der Waals surface area contributed by atoms with Crippen LogP contribution in [0.25, 0.3) is 0 Å². The van der Waals surface area contributed by atoms with Gasteiger partial charge in [-0.25, -0.2) is 0 Å². The topological polar surface area (TPSA) is 26.0 Å². The molecule has 0 aliphatic carbocycles. The highest BCUT2D eigenvalue weighted by Crippen LogP contribution is 2.30. The molecule has 0 bridgehead atoms. The third-order valence-corrected chi connectivity index (χ3v) is 3.74. The maximum absolute atomic E-state index is 6.40. The predicted molar refractivity (Wildman–Crippen MR) is 69.8 cm³/mol. The van der Waals surface area contributed by atoms with Gasteiger partial charge in [-0.2, -0.15) is 0 Å². The number of hydrogen-bond acceptors (Lipinski definition) is 1. The minimum Gasteiger partial charge on any atom is -0.321 e. The Hall–Kier alpha value is -0.340. The minimum atomic E-state index is -0.225. The highest BCUT2D eigenvalue weighted by atomic mass is 79.9. The number of nitrogens with two attached hydrogens (primary N) is 1. The summed E-state index contributed by atoms with van der Waals surface area (Å²) in [6, 6.07) is 8.32. The minimum absolute atomic E-state index is 0.225. The third kappa shape index (κ3) is 3.05. The Balaban J connectivity index is 2.89. The molecule has 2 unspecified atom stereocenters. The fourth-order valence-electron chi connectivity index (χ4n) is 1.83. The summed E-state index contributed by atoms with van der Waals surface area (Å²) in [5, 5.41) is 0. The van der Waals surface area contributed by atoms with Crippen molar-refractivity contribution in [1.29, 1.82) is 0 Å². The van der Waals surface area contributed by atoms with E-state index in [-0.39, 0.29) is 5.54 Å². The molecule has 0 saturated heterocycles. The molecule has 0 radical (unpaired) electrons. The first-order valence-electron chi connectivity index (χ1n) is 5.53. The molecule has 0 amide bonds. The van der Waals surface area contributed by atoms with Crippen molar-refractivity contribution in [1.82, 2.24) is 0 Å². The average molecular weight is 270 g/mol. The molecule has 2 N–H and O–H groups in total. The van der Waals surface area contributed by atoms with Gasteiger partial charge in [-0.05, 0) is 37.0 Å². The fourth-order valence-corrected chi connectivity index (χ4v) is 2.09. The van der Waals surface area contributed by atoms with Crippen LogP contribution in [0.15, 0.2) is 28.7 Å². The lowest BCUT2D eigenvalue weighted by molar-refractivity contribution is 0.304. The van der Waals surface area contributed by atoms with Crippen LogP contribution in [-0.4, -0.2) is 0 Å². The molecule has 15 heavy (non-hydrogen) atoms. The Morgan fingerprint density at radius 2 is 1.87 bits per heavy atom. The molecular weight excluding hydrogens is 250 g/mol. The Morgan fingerprint density at radius 1 is 1.33 bits per heavy atom. The van der Waals surface area contributed by atoms with Crippen LogP contribution in [0.5, 0.6) is 0 Å². The summed E-state index contributed by atoms with van der Waals surface area (Å²) in [5.41, 5.74) is 7.39. The van der Waals surface area contributed by atoms with Gasteiger partial charge >= 0.3 is 0 Å². The molecule has 0 saturated carbocycles. The first kappa shape index (κ1) is 12.7. The van der Waals surface area contributed by atoms with Gasteiger partial charge < -0.3 is 5.73 Å². The summed E-state index contributed by atoms with van der Waals surface area (Å²) in [4.78, 5) is 0. The van der Waals surface area contributed by atoms with Gasteiger partial charge in [-0.15, -0.1) is 0 Å². The van der Waals surface area contributed by atoms with Gasteiger partial charge in [0.1, 0.15) is 0 Å². The zero-order valence-corrected chi connectivity index (χ0v) is 11.3. The van der Waals surface area contributed by atoms with Crippen LogP contribution in [0.4, 0.5) is 0 Å². The summed E-state index contributed by atoms with van der Waals surface area (Å²) in [5.74, 6) is 0.503. The van der Waals surface area contributed by atoms with Crippen molar-refractivity contribution >= 4 is 15.9 Å². The van der Waals surface area contributed by atoms with Gasteiger partial charge in [0.25, 0.3) is 0 Å². The first-order chi connectivity index (χ1) is 6.98.